The number of fused-ring (bicyclic) bond motifs is 7. The highest BCUT2D eigenvalue weighted by molar-refractivity contribution is 5.17. The quantitative estimate of drug-likeness (QED) is 0.392. The molecule has 9 atom stereocenters. The van der Waals surface area contributed by atoms with Gasteiger partial charge in [0.15, 0.2) is 0 Å². The summed E-state index contributed by atoms with van der Waals surface area (Å²) in [5, 5.41) is 0. The van der Waals surface area contributed by atoms with Crippen LogP contribution in [0.4, 0.5) is 0 Å². The van der Waals surface area contributed by atoms with Crippen LogP contribution < -0.4 is 0 Å². The van der Waals surface area contributed by atoms with Crippen LogP contribution in [0.3, 0.4) is 0 Å². The molecular formula is C28H48. The van der Waals surface area contributed by atoms with E-state index in [-0.39, 0.29) is 0 Å². The van der Waals surface area contributed by atoms with Gasteiger partial charge in [-0.05, 0) is 121 Å². The van der Waals surface area contributed by atoms with Gasteiger partial charge in [0.05, 0.1) is 0 Å². The molecule has 28 heavy (non-hydrogen) atoms. The molecule has 5 saturated carbocycles. The molecule has 0 aromatic heterocycles. The summed E-state index contributed by atoms with van der Waals surface area (Å²) in [6, 6.07) is 0. The highest BCUT2D eigenvalue weighted by Gasteiger charge is 2.69. The molecular weight excluding hydrogens is 336 g/mol. The Morgan fingerprint density at radius 1 is 0.571 bits per heavy atom. The van der Waals surface area contributed by atoms with Gasteiger partial charge in [0.2, 0.25) is 0 Å². The van der Waals surface area contributed by atoms with Crippen LogP contribution in [0.2, 0.25) is 0 Å². The van der Waals surface area contributed by atoms with Gasteiger partial charge < -0.3 is 0 Å². The van der Waals surface area contributed by atoms with Gasteiger partial charge in [0, 0.05) is 0 Å². The van der Waals surface area contributed by atoms with Crippen molar-refractivity contribution in [3.63, 3.8) is 0 Å². The van der Waals surface area contributed by atoms with Crippen LogP contribution in [-0.4, -0.2) is 0 Å². The summed E-state index contributed by atoms with van der Waals surface area (Å²) in [6.45, 7) is 18.8. The second-order valence-electron chi connectivity index (χ2n) is 14.1. The van der Waals surface area contributed by atoms with E-state index in [1.165, 1.54) is 51.4 Å². The Hall–Kier alpha value is 0. The van der Waals surface area contributed by atoms with Gasteiger partial charge >= 0.3 is 0 Å². The molecule has 5 rings (SSSR count). The molecule has 0 radical (unpaired) electrons. The van der Waals surface area contributed by atoms with Gasteiger partial charge in [0.1, 0.15) is 0 Å². The SMILES string of the molecule is CC1CC[C@@]2(C)C(CC[C@]3(C)C2CCC2C4CCC[C@]4(C)CCC23C)C1(C)C. The zero-order valence-electron chi connectivity index (χ0n) is 20.2. The van der Waals surface area contributed by atoms with Crippen LogP contribution in [0.15, 0.2) is 0 Å². The standard InChI is InChI=1S/C28H48/c1-19-12-15-26(5)22(24(19,2)3)13-16-28(7)23(26)11-10-21-20-9-8-14-25(20,4)17-18-27(21,28)6/h19-23H,8-18H2,1-7H3/t19?,20?,21?,22?,23?,25-,26+,27?,28-/m1/s1. The number of hydrogen-bond acceptors (Lipinski definition) is 0. The van der Waals surface area contributed by atoms with E-state index in [2.05, 4.69) is 48.5 Å². The van der Waals surface area contributed by atoms with Gasteiger partial charge in [-0.25, -0.2) is 0 Å². The van der Waals surface area contributed by atoms with Crippen molar-refractivity contribution in [3.8, 4) is 0 Å². The molecule has 0 nitrogen and oxygen atoms in total. The Morgan fingerprint density at radius 2 is 1.32 bits per heavy atom. The predicted octanol–water partition coefficient (Wildman–Crippen LogP) is 8.50. The summed E-state index contributed by atoms with van der Waals surface area (Å²) in [5.41, 5.74) is 3.00. The topological polar surface area (TPSA) is 0 Å². The van der Waals surface area contributed by atoms with E-state index < -0.39 is 0 Å². The average molecular weight is 385 g/mol. The van der Waals surface area contributed by atoms with Crippen LogP contribution in [0.5, 0.6) is 0 Å². The first-order chi connectivity index (χ1) is 13.0. The lowest BCUT2D eigenvalue weighted by atomic mass is 9.32. The van der Waals surface area contributed by atoms with Crippen LogP contribution >= 0.6 is 0 Å². The molecule has 0 heterocycles. The fourth-order valence-electron chi connectivity index (χ4n) is 11.1. The first-order valence-corrected chi connectivity index (χ1v) is 13.0. The van der Waals surface area contributed by atoms with Gasteiger partial charge in [-0.1, -0.05) is 54.9 Å². The summed E-state index contributed by atoms with van der Waals surface area (Å²) in [7, 11) is 0. The Labute approximate surface area is 176 Å². The summed E-state index contributed by atoms with van der Waals surface area (Å²) in [4.78, 5) is 0. The molecule has 5 aliphatic carbocycles. The molecule has 0 spiro atoms. The highest BCUT2D eigenvalue weighted by atomic mass is 14.7. The van der Waals surface area contributed by atoms with Gasteiger partial charge in [0.25, 0.3) is 0 Å². The second-order valence-corrected chi connectivity index (χ2v) is 14.1. The average Bonchev–Trinajstić information content (AvgIpc) is 3.01. The van der Waals surface area contributed by atoms with Gasteiger partial charge in [-0.15, -0.1) is 0 Å². The minimum atomic E-state index is 0.530. The third-order valence-electron chi connectivity index (χ3n) is 13.3. The van der Waals surface area contributed by atoms with Crippen molar-refractivity contribution in [2.45, 2.75) is 119 Å². The number of hydrogen-bond donors (Lipinski definition) is 0. The molecule has 6 unspecified atom stereocenters. The third kappa shape index (κ3) is 2.20. The molecule has 0 aromatic carbocycles. The Morgan fingerprint density at radius 3 is 2.07 bits per heavy atom. The lowest BCUT2D eigenvalue weighted by molar-refractivity contribution is -0.238. The zero-order valence-corrected chi connectivity index (χ0v) is 20.2. The van der Waals surface area contributed by atoms with Crippen LogP contribution in [0.25, 0.3) is 0 Å². The molecule has 0 bridgehead atoms. The first-order valence-electron chi connectivity index (χ1n) is 13.0. The van der Waals surface area contributed by atoms with Crippen LogP contribution in [0.1, 0.15) is 119 Å². The van der Waals surface area contributed by atoms with E-state index in [0.29, 0.717) is 27.1 Å². The van der Waals surface area contributed by atoms with Crippen molar-refractivity contribution >= 4 is 0 Å². The number of rotatable bonds is 0. The Balaban J connectivity index is 1.53. The molecule has 0 aromatic rings. The maximum Gasteiger partial charge on any atom is -0.0235 e. The lowest BCUT2D eigenvalue weighted by Crippen LogP contribution is -2.65. The zero-order chi connectivity index (χ0) is 20.2. The van der Waals surface area contributed by atoms with E-state index >= 15 is 0 Å². The van der Waals surface area contributed by atoms with Crippen molar-refractivity contribution in [3.05, 3.63) is 0 Å². The lowest BCUT2D eigenvalue weighted by Gasteiger charge is -2.72. The monoisotopic (exact) mass is 384 g/mol. The first kappa shape index (κ1) is 19.9. The van der Waals surface area contributed by atoms with Crippen molar-refractivity contribution in [2.75, 3.05) is 0 Å². The predicted molar refractivity (Wildman–Crippen MR) is 120 cm³/mol. The molecule has 0 amide bonds. The third-order valence-corrected chi connectivity index (χ3v) is 13.3. The van der Waals surface area contributed by atoms with E-state index in [1.807, 2.05) is 0 Å². The fraction of sp³-hybridized carbons (Fsp3) is 1.00. The maximum absolute atomic E-state index is 2.80. The smallest absolute Gasteiger partial charge is 0.0235 e. The van der Waals surface area contributed by atoms with Gasteiger partial charge in [-0.2, -0.15) is 0 Å². The Bertz CT molecular complexity index is 646. The van der Waals surface area contributed by atoms with E-state index in [0.717, 1.165) is 29.6 Å². The largest absolute Gasteiger partial charge is 0.0620 e. The minimum Gasteiger partial charge on any atom is -0.0620 e. The fourth-order valence-corrected chi connectivity index (χ4v) is 11.1. The van der Waals surface area contributed by atoms with Crippen molar-refractivity contribution in [2.24, 2.45) is 56.7 Å². The molecule has 0 heteroatoms. The summed E-state index contributed by atoms with van der Waals surface area (Å²) in [5.74, 6) is 4.87. The molecule has 0 N–H and O–H groups in total. The second kappa shape index (κ2) is 5.82. The van der Waals surface area contributed by atoms with Gasteiger partial charge in [-0.3, -0.25) is 0 Å². The molecule has 5 aliphatic rings. The van der Waals surface area contributed by atoms with E-state index in [4.69, 9.17) is 0 Å². The van der Waals surface area contributed by atoms with Crippen molar-refractivity contribution < 1.29 is 0 Å². The summed E-state index contributed by atoms with van der Waals surface area (Å²) < 4.78 is 0. The minimum absolute atomic E-state index is 0.530. The van der Waals surface area contributed by atoms with Crippen molar-refractivity contribution in [1.29, 1.82) is 0 Å². The summed E-state index contributed by atoms with van der Waals surface area (Å²) in [6.07, 6.45) is 16.7. The Kier molecular flexibility index (Phi) is 4.14. The van der Waals surface area contributed by atoms with Crippen LogP contribution in [-0.2, 0) is 0 Å². The molecule has 160 valence electrons. The van der Waals surface area contributed by atoms with E-state index in [1.54, 1.807) is 19.3 Å². The highest BCUT2D eigenvalue weighted by Crippen LogP contribution is 2.77. The molecule has 5 fully saturated rings. The van der Waals surface area contributed by atoms with Crippen LogP contribution in [0, 0.1) is 56.7 Å². The molecule has 0 aliphatic heterocycles. The summed E-state index contributed by atoms with van der Waals surface area (Å²) >= 11 is 0. The maximum atomic E-state index is 2.80. The van der Waals surface area contributed by atoms with E-state index in [9.17, 15) is 0 Å². The van der Waals surface area contributed by atoms with Crippen molar-refractivity contribution in [1.82, 2.24) is 0 Å². The molecule has 0 saturated heterocycles. The normalized spacial score (nSPS) is 60.3.